The van der Waals surface area contributed by atoms with Crippen LogP contribution >= 0.6 is 0 Å². The SMILES string of the molecule is CCCCCn1nc(Cc2ccccc2)c(C#N)c1N. The van der Waals surface area contributed by atoms with E-state index in [1.54, 1.807) is 4.68 Å². The number of hydrogen-bond acceptors (Lipinski definition) is 3. The number of aryl methyl sites for hydroxylation is 1. The van der Waals surface area contributed by atoms with Gasteiger partial charge in [0.05, 0.1) is 5.69 Å². The van der Waals surface area contributed by atoms with E-state index in [1.807, 2.05) is 30.3 Å². The Morgan fingerprint density at radius 2 is 2.00 bits per heavy atom. The molecule has 0 amide bonds. The van der Waals surface area contributed by atoms with Gasteiger partial charge in [-0.05, 0) is 12.0 Å². The fraction of sp³-hybridized carbons (Fsp3) is 0.375. The van der Waals surface area contributed by atoms with Crippen molar-refractivity contribution in [2.45, 2.75) is 39.2 Å². The molecule has 2 N–H and O–H groups in total. The Bertz CT molecular complexity index is 593. The first kappa shape index (κ1) is 14.1. The van der Waals surface area contributed by atoms with Crippen LogP contribution in [0.5, 0.6) is 0 Å². The number of nitrogen functional groups attached to an aromatic ring is 1. The van der Waals surface area contributed by atoms with Crippen LogP contribution in [0.1, 0.15) is 43.0 Å². The zero-order valence-corrected chi connectivity index (χ0v) is 11.8. The molecule has 0 unspecified atom stereocenters. The van der Waals surface area contributed by atoms with Crippen LogP contribution in [0, 0.1) is 11.3 Å². The second-order valence-electron chi connectivity index (χ2n) is 4.91. The van der Waals surface area contributed by atoms with Crippen molar-refractivity contribution in [2.24, 2.45) is 0 Å². The Morgan fingerprint density at radius 1 is 1.25 bits per heavy atom. The van der Waals surface area contributed by atoms with E-state index in [4.69, 9.17) is 5.73 Å². The van der Waals surface area contributed by atoms with Crippen LogP contribution < -0.4 is 5.73 Å². The Kier molecular flexibility index (Phi) is 4.78. The summed E-state index contributed by atoms with van der Waals surface area (Å²) in [7, 11) is 0. The van der Waals surface area contributed by atoms with Gasteiger partial charge in [0.25, 0.3) is 0 Å². The predicted octanol–water partition coefficient (Wildman–Crippen LogP) is 3.12. The highest BCUT2D eigenvalue weighted by Gasteiger charge is 2.15. The van der Waals surface area contributed by atoms with Crippen molar-refractivity contribution in [3.05, 3.63) is 47.2 Å². The Morgan fingerprint density at radius 3 is 2.65 bits per heavy atom. The third-order valence-electron chi connectivity index (χ3n) is 3.36. The molecule has 20 heavy (non-hydrogen) atoms. The first-order valence-electron chi connectivity index (χ1n) is 7.05. The van der Waals surface area contributed by atoms with Crippen LogP contribution in [0.15, 0.2) is 30.3 Å². The van der Waals surface area contributed by atoms with E-state index < -0.39 is 0 Å². The number of nitriles is 1. The summed E-state index contributed by atoms with van der Waals surface area (Å²) in [6.07, 6.45) is 3.99. The number of unbranched alkanes of at least 4 members (excludes halogenated alkanes) is 2. The zero-order chi connectivity index (χ0) is 14.4. The lowest BCUT2D eigenvalue weighted by Gasteiger charge is -2.02. The molecule has 4 nitrogen and oxygen atoms in total. The van der Waals surface area contributed by atoms with Crippen LogP contribution in [0.4, 0.5) is 5.82 Å². The average Bonchev–Trinajstić information content (AvgIpc) is 2.76. The number of rotatable bonds is 6. The van der Waals surface area contributed by atoms with Gasteiger partial charge in [-0.15, -0.1) is 0 Å². The molecule has 1 heterocycles. The standard InChI is InChI=1S/C16H20N4/c1-2-3-7-10-20-16(18)14(12-17)15(19-20)11-13-8-5-4-6-9-13/h4-6,8-9H,2-3,7,10-11,18H2,1H3. The average molecular weight is 268 g/mol. The van der Waals surface area contributed by atoms with Crippen LogP contribution in [0.3, 0.4) is 0 Å². The van der Waals surface area contributed by atoms with E-state index in [0.717, 1.165) is 37.1 Å². The second kappa shape index (κ2) is 6.76. The molecule has 2 rings (SSSR count). The third kappa shape index (κ3) is 3.18. The van der Waals surface area contributed by atoms with E-state index in [2.05, 4.69) is 18.1 Å². The molecule has 4 heteroatoms. The normalized spacial score (nSPS) is 10.4. The van der Waals surface area contributed by atoms with Gasteiger partial charge < -0.3 is 5.73 Å². The van der Waals surface area contributed by atoms with Gasteiger partial charge in [0.2, 0.25) is 0 Å². The van der Waals surface area contributed by atoms with Crippen molar-refractivity contribution >= 4 is 5.82 Å². The number of nitrogens with two attached hydrogens (primary N) is 1. The summed E-state index contributed by atoms with van der Waals surface area (Å²) in [6, 6.07) is 12.2. The van der Waals surface area contributed by atoms with Crippen LogP contribution in [0.25, 0.3) is 0 Å². The second-order valence-corrected chi connectivity index (χ2v) is 4.91. The number of benzene rings is 1. The summed E-state index contributed by atoms with van der Waals surface area (Å²) >= 11 is 0. The van der Waals surface area contributed by atoms with Gasteiger partial charge in [-0.2, -0.15) is 10.4 Å². The highest BCUT2D eigenvalue weighted by molar-refractivity contribution is 5.53. The molecule has 0 fully saturated rings. The number of anilines is 1. The molecule has 0 aliphatic heterocycles. The summed E-state index contributed by atoms with van der Waals surface area (Å²) in [4.78, 5) is 0. The maximum atomic E-state index is 9.28. The van der Waals surface area contributed by atoms with Crippen molar-refractivity contribution in [1.29, 1.82) is 5.26 Å². The number of hydrogen-bond donors (Lipinski definition) is 1. The zero-order valence-electron chi connectivity index (χ0n) is 11.8. The topological polar surface area (TPSA) is 67.6 Å². The first-order valence-corrected chi connectivity index (χ1v) is 7.05. The fourth-order valence-electron chi connectivity index (χ4n) is 2.24. The molecule has 2 aromatic rings. The minimum absolute atomic E-state index is 0.495. The Balaban J connectivity index is 2.20. The molecule has 0 bridgehead atoms. The van der Waals surface area contributed by atoms with Gasteiger partial charge in [-0.1, -0.05) is 50.1 Å². The van der Waals surface area contributed by atoms with E-state index >= 15 is 0 Å². The monoisotopic (exact) mass is 268 g/mol. The summed E-state index contributed by atoms with van der Waals surface area (Å²) in [5.41, 5.74) is 8.46. The smallest absolute Gasteiger partial charge is 0.140 e. The summed E-state index contributed by atoms with van der Waals surface area (Å²) in [5, 5.41) is 13.8. The van der Waals surface area contributed by atoms with Gasteiger partial charge >= 0.3 is 0 Å². The van der Waals surface area contributed by atoms with Crippen LogP contribution in [-0.4, -0.2) is 9.78 Å². The first-order chi connectivity index (χ1) is 9.76. The van der Waals surface area contributed by atoms with Crippen molar-refractivity contribution in [3.63, 3.8) is 0 Å². The molecule has 0 saturated carbocycles. The van der Waals surface area contributed by atoms with Crippen molar-refractivity contribution < 1.29 is 0 Å². The van der Waals surface area contributed by atoms with E-state index in [1.165, 1.54) is 0 Å². The minimum atomic E-state index is 0.495. The van der Waals surface area contributed by atoms with Gasteiger partial charge in [0.15, 0.2) is 0 Å². The largest absolute Gasteiger partial charge is 0.383 e. The van der Waals surface area contributed by atoms with E-state index in [-0.39, 0.29) is 0 Å². The van der Waals surface area contributed by atoms with Crippen molar-refractivity contribution in [2.75, 3.05) is 5.73 Å². The summed E-state index contributed by atoms with van der Waals surface area (Å²) in [5.74, 6) is 0.495. The lowest BCUT2D eigenvalue weighted by atomic mass is 10.1. The van der Waals surface area contributed by atoms with E-state index in [0.29, 0.717) is 17.8 Å². The van der Waals surface area contributed by atoms with Gasteiger partial charge in [0.1, 0.15) is 17.5 Å². The van der Waals surface area contributed by atoms with E-state index in [9.17, 15) is 5.26 Å². The lowest BCUT2D eigenvalue weighted by Crippen LogP contribution is -2.05. The highest BCUT2D eigenvalue weighted by atomic mass is 15.3. The molecule has 1 aromatic heterocycles. The number of aromatic nitrogens is 2. The summed E-state index contributed by atoms with van der Waals surface area (Å²) < 4.78 is 1.77. The molecule has 0 saturated heterocycles. The highest BCUT2D eigenvalue weighted by Crippen LogP contribution is 2.19. The van der Waals surface area contributed by atoms with Gasteiger partial charge in [-0.3, -0.25) is 0 Å². The predicted molar refractivity (Wildman–Crippen MR) is 80.1 cm³/mol. The molecule has 0 aliphatic carbocycles. The van der Waals surface area contributed by atoms with Crippen LogP contribution in [-0.2, 0) is 13.0 Å². The van der Waals surface area contributed by atoms with Gasteiger partial charge in [-0.25, -0.2) is 4.68 Å². The quantitative estimate of drug-likeness (QED) is 0.818. The Labute approximate surface area is 119 Å². The Hall–Kier alpha value is -2.28. The molecule has 0 spiro atoms. The summed E-state index contributed by atoms with van der Waals surface area (Å²) in [6.45, 7) is 2.94. The molecule has 0 radical (unpaired) electrons. The fourth-order valence-corrected chi connectivity index (χ4v) is 2.24. The lowest BCUT2D eigenvalue weighted by molar-refractivity contribution is 0.555. The molecule has 0 atom stereocenters. The number of nitrogens with zero attached hydrogens (tertiary/aromatic N) is 3. The minimum Gasteiger partial charge on any atom is -0.383 e. The maximum Gasteiger partial charge on any atom is 0.140 e. The third-order valence-corrected chi connectivity index (χ3v) is 3.36. The molecule has 1 aromatic carbocycles. The molecule has 104 valence electrons. The molecular weight excluding hydrogens is 248 g/mol. The molecular formula is C16H20N4. The van der Waals surface area contributed by atoms with Gasteiger partial charge in [0, 0.05) is 13.0 Å². The molecule has 0 aliphatic rings. The van der Waals surface area contributed by atoms with Crippen LogP contribution in [0.2, 0.25) is 0 Å². The van der Waals surface area contributed by atoms with Crippen molar-refractivity contribution in [1.82, 2.24) is 9.78 Å². The van der Waals surface area contributed by atoms with Crippen molar-refractivity contribution in [3.8, 4) is 6.07 Å². The maximum absolute atomic E-state index is 9.28.